The Bertz CT molecular complexity index is 857. The lowest BCUT2D eigenvalue weighted by Gasteiger charge is -2.44. The molecule has 0 saturated carbocycles. The van der Waals surface area contributed by atoms with Crippen molar-refractivity contribution in [1.29, 1.82) is 0 Å². The molecule has 0 aliphatic carbocycles. The van der Waals surface area contributed by atoms with Crippen molar-refractivity contribution in [3.8, 4) is 0 Å². The van der Waals surface area contributed by atoms with Crippen molar-refractivity contribution in [2.45, 2.75) is 50.6 Å². The molecule has 9 heteroatoms. The molecule has 8 nitrogen and oxygen atoms in total. The summed E-state index contributed by atoms with van der Waals surface area (Å²) in [7, 11) is 0. The zero-order valence-electron chi connectivity index (χ0n) is 15.6. The lowest BCUT2D eigenvalue weighted by atomic mass is 9.85. The highest BCUT2D eigenvalue weighted by atomic mass is 35.5. The maximum Gasteiger partial charge on any atom is 0.248 e. The molecule has 2 aromatic heterocycles. The van der Waals surface area contributed by atoms with E-state index in [4.69, 9.17) is 11.6 Å². The van der Waals surface area contributed by atoms with E-state index in [0.717, 1.165) is 31.4 Å². The molecule has 1 unspecified atom stereocenters. The van der Waals surface area contributed by atoms with E-state index in [-0.39, 0.29) is 23.5 Å². The Morgan fingerprint density at radius 3 is 2.79 bits per heavy atom. The number of carbonyl (C=O) groups is 2. The Balaban J connectivity index is 1.46. The first kappa shape index (κ1) is 18.9. The third kappa shape index (κ3) is 3.61. The van der Waals surface area contributed by atoms with Crippen molar-refractivity contribution in [2.24, 2.45) is 0 Å². The molecular weight excluding hydrogens is 380 g/mol. The standard InChI is InChI=1S/C19H23ClN6O2/c20-18-22-15(23-24-18)6-7-16(27)26-12-4-9-19(26)8-3-11-25(17(19)28)13-14-5-1-2-10-21-14/h1-2,5,10H,3-4,6-9,11-13H2,(H,22,23,24). The van der Waals surface area contributed by atoms with Crippen molar-refractivity contribution in [1.82, 2.24) is 30.0 Å². The molecule has 2 aliphatic rings. The van der Waals surface area contributed by atoms with E-state index in [1.807, 2.05) is 23.1 Å². The van der Waals surface area contributed by atoms with Crippen LogP contribution in [0.5, 0.6) is 0 Å². The average molecular weight is 403 g/mol. The SMILES string of the molecule is O=C(CCc1nc(Cl)n[nH]1)N1CCCC12CCCN(Cc1ccccn1)C2=O. The van der Waals surface area contributed by atoms with Gasteiger partial charge in [-0.25, -0.2) is 4.98 Å². The highest BCUT2D eigenvalue weighted by Crippen LogP contribution is 2.39. The maximum absolute atomic E-state index is 13.4. The van der Waals surface area contributed by atoms with Gasteiger partial charge >= 0.3 is 0 Å². The normalized spacial score (nSPS) is 22.2. The second kappa shape index (κ2) is 7.87. The molecule has 0 radical (unpaired) electrons. The van der Waals surface area contributed by atoms with Gasteiger partial charge in [0, 0.05) is 32.1 Å². The summed E-state index contributed by atoms with van der Waals surface area (Å²) in [5, 5.41) is 6.64. The van der Waals surface area contributed by atoms with Gasteiger partial charge in [-0.15, -0.1) is 5.10 Å². The van der Waals surface area contributed by atoms with Gasteiger partial charge in [0.1, 0.15) is 11.4 Å². The van der Waals surface area contributed by atoms with E-state index in [1.54, 1.807) is 11.1 Å². The third-order valence-electron chi connectivity index (χ3n) is 5.65. The van der Waals surface area contributed by atoms with Gasteiger partial charge in [-0.1, -0.05) is 6.07 Å². The maximum atomic E-state index is 13.4. The summed E-state index contributed by atoms with van der Waals surface area (Å²) in [5.41, 5.74) is 0.161. The number of nitrogens with zero attached hydrogens (tertiary/aromatic N) is 5. The lowest BCUT2D eigenvalue weighted by Crippen LogP contribution is -2.61. The molecule has 1 N–H and O–H groups in total. The van der Waals surface area contributed by atoms with Gasteiger partial charge in [-0.3, -0.25) is 19.7 Å². The predicted molar refractivity (Wildman–Crippen MR) is 102 cm³/mol. The summed E-state index contributed by atoms with van der Waals surface area (Å²) < 4.78 is 0. The number of H-pyrrole nitrogens is 1. The molecule has 148 valence electrons. The molecule has 0 aromatic carbocycles. The molecule has 2 aromatic rings. The molecule has 2 fully saturated rings. The Labute approximate surface area is 168 Å². The minimum absolute atomic E-state index is 0.0157. The van der Waals surface area contributed by atoms with E-state index in [9.17, 15) is 9.59 Å². The number of aromatic nitrogens is 4. The highest BCUT2D eigenvalue weighted by molar-refractivity contribution is 6.28. The quantitative estimate of drug-likeness (QED) is 0.824. The Morgan fingerprint density at radius 1 is 1.25 bits per heavy atom. The van der Waals surface area contributed by atoms with Crippen molar-refractivity contribution in [2.75, 3.05) is 13.1 Å². The van der Waals surface area contributed by atoms with Crippen LogP contribution < -0.4 is 0 Å². The van der Waals surface area contributed by atoms with Crippen molar-refractivity contribution < 1.29 is 9.59 Å². The van der Waals surface area contributed by atoms with Gasteiger partial charge < -0.3 is 9.80 Å². The first-order chi connectivity index (χ1) is 13.6. The number of aromatic amines is 1. The van der Waals surface area contributed by atoms with E-state index >= 15 is 0 Å². The number of likely N-dealkylation sites (tertiary alicyclic amines) is 2. The number of amides is 2. The van der Waals surface area contributed by atoms with Gasteiger partial charge in [-0.05, 0) is 49.4 Å². The molecule has 4 rings (SSSR count). The molecule has 2 amide bonds. The van der Waals surface area contributed by atoms with Crippen molar-refractivity contribution >= 4 is 23.4 Å². The average Bonchev–Trinajstić information content (AvgIpc) is 3.31. The number of piperidine rings is 1. The van der Waals surface area contributed by atoms with Crippen molar-refractivity contribution in [3.05, 3.63) is 41.2 Å². The van der Waals surface area contributed by atoms with E-state index < -0.39 is 5.54 Å². The van der Waals surface area contributed by atoms with Gasteiger partial charge in [0.15, 0.2) is 0 Å². The summed E-state index contributed by atoms with van der Waals surface area (Å²) in [6.07, 6.45) is 5.64. The van der Waals surface area contributed by atoms with Crippen LogP contribution >= 0.6 is 11.6 Å². The third-order valence-corrected chi connectivity index (χ3v) is 5.82. The second-order valence-electron chi connectivity index (χ2n) is 7.38. The van der Waals surface area contributed by atoms with Crippen LogP contribution in [0.2, 0.25) is 5.28 Å². The molecule has 28 heavy (non-hydrogen) atoms. The monoisotopic (exact) mass is 402 g/mol. The number of rotatable bonds is 5. The van der Waals surface area contributed by atoms with Gasteiger partial charge in [0.25, 0.3) is 0 Å². The van der Waals surface area contributed by atoms with Crippen LogP contribution in [0.1, 0.15) is 43.6 Å². The van der Waals surface area contributed by atoms with Gasteiger partial charge in [-0.2, -0.15) is 0 Å². The largest absolute Gasteiger partial charge is 0.335 e. The second-order valence-corrected chi connectivity index (χ2v) is 7.72. The Morgan fingerprint density at radius 2 is 2.07 bits per heavy atom. The first-order valence-electron chi connectivity index (χ1n) is 9.65. The minimum Gasteiger partial charge on any atom is -0.335 e. The molecular formula is C19H23ClN6O2. The summed E-state index contributed by atoms with van der Waals surface area (Å²) in [5.74, 6) is 0.620. The van der Waals surface area contributed by atoms with Crippen LogP contribution in [0.25, 0.3) is 0 Å². The van der Waals surface area contributed by atoms with E-state index in [2.05, 4.69) is 20.2 Å². The highest BCUT2D eigenvalue weighted by Gasteiger charge is 2.52. The summed E-state index contributed by atoms with van der Waals surface area (Å²) in [6.45, 7) is 1.81. The fourth-order valence-corrected chi connectivity index (χ4v) is 4.52. The molecule has 2 aliphatic heterocycles. The van der Waals surface area contributed by atoms with Crippen LogP contribution in [-0.4, -0.2) is 60.4 Å². The molecule has 4 heterocycles. The van der Waals surface area contributed by atoms with Crippen LogP contribution in [0, 0.1) is 0 Å². The van der Waals surface area contributed by atoms with E-state index in [0.29, 0.717) is 31.9 Å². The van der Waals surface area contributed by atoms with Crippen molar-refractivity contribution in [3.63, 3.8) is 0 Å². The Kier molecular flexibility index (Phi) is 5.30. The number of hydrogen-bond donors (Lipinski definition) is 1. The number of aryl methyl sites for hydroxylation is 1. The fraction of sp³-hybridized carbons (Fsp3) is 0.526. The number of hydrogen-bond acceptors (Lipinski definition) is 5. The summed E-state index contributed by atoms with van der Waals surface area (Å²) in [4.78, 5) is 38.4. The molecule has 1 atom stereocenters. The van der Waals surface area contributed by atoms with Gasteiger partial charge in [0.05, 0.1) is 12.2 Å². The number of carbonyl (C=O) groups excluding carboxylic acids is 2. The topological polar surface area (TPSA) is 95.1 Å². The minimum atomic E-state index is -0.705. The van der Waals surface area contributed by atoms with E-state index in [1.165, 1.54) is 0 Å². The number of nitrogens with one attached hydrogen (secondary N) is 1. The number of pyridine rings is 1. The molecule has 0 bridgehead atoms. The van der Waals surface area contributed by atoms with Crippen LogP contribution in [0.4, 0.5) is 0 Å². The lowest BCUT2D eigenvalue weighted by molar-refractivity contribution is -0.155. The zero-order chi connectivity index (χ0) is 19.6. The van der Waals surface area contributed by atoms with Crippen LogP contribution in [0.3, 0.4) is 0 Å². The number of halogens is 1. The Hall–Kier alpha value is -2.48. The van der Waals surface area contributed by atoms with Crippen LogP contribution in [-0.2, 0) is 22.6 Å². The molecule has 2 saturated heterocycles. The van der Waals surface area contributed by atoms with Crippen LogP contribution in [0.15, 0.2) is 24.4 Å². The summed E-state index contributed by atoms with van der Waals surface area (Å²) in [6, 6.07) is 5.71. The predicted octanol–water partition coefficient (Wildman–Crippen LogP) is 1.97. The summed E-state index contributed by atoms with van der Waals surface area (Å²) >= 11 is 5.72. The zero-order valence-corrected chi connectivity index (χ0v) is 16.4. The smallest absolute Gasteiger partial charge is 0.248 e. The first-order valence-corrected chi connectivity index (χ1v) is 10.0. The molecule has 1 spiro atoms. The van der Waals surface area contributed by atoms with Gasteiger partial charge in [0.2, 0.25) is 17.1 Å². The fourth-order valence-electron chi connectivity index (χ4n) is 4.37.